The molecule has 1 fully saturated rings. The molecule has 0 spiro atoms. The van der Waals surface area contributed by atoms with Crippen LogP contribution in [0.15, 0.2) is 34.9 Å². The van der Waals surface area contributed by atoms with Crippen molar-refractivity contribution in [2.45, 2.75) is 12.8 Å². The largest absolute Gasteiger partial charge is 0.444 e. The molecule has 22 heavy (non-hydrogen) atoms. The summed E-state index contributed by atoms with van der Waals surface area (Å²) in [5.74, 6) is 0.999. The third-order valence-electron chi connectivity index (χ3n) is 3.95. The monoisotopic (exact) mass is 319 g/mol. The average molecular weight is 320 g/mol. The molecule has 2 N–H and O–H groups in total. The highest BCUT2D eigenvalue weighted by Crippen LogP contribution is 2.22. The first-order valence-corrected chi connectivity index (χ1v) is 7.71. The van der Waals surface area contributed by atoms with E-state index in [1.807, 2.05) is 17.0 Å². The summed E-state index contributed by atoms with van der Waals surface area (Å²) in [6.45, 7) is 2.16. The van der Waals surface area contributed by atoms with E-state index in [1.165, 1.54) is 0 Å². The molecule has 6 heteroatoms. The highest BCUT2D eigenvalue weighted by Gasteiger charge is 2.25. The molecule has 5 nitrogen and oxygen atoms in total. The predicted molar refractivity (Wildman–Crippen MR) is 84.4 cm³/mol. The maximum absolute atomic E-state index is 12.3. The molecule has 1 saturated heterocycles. The van der Waals surface area contributed by atoms with Crippen LogP contribution in [0.25, 0.3) is 11.5 Å². The van der Waals surface area contributed by atoms with Crippen molar-refractivity contribution in [1.82, 2.24) is 9.88 Å². The second-order valence-corrected chi connectivity index (χ2v) is 5.99. The molecule has 1 aliphatic heterocycles. The van der Waals surface area contributed by atoms with Crippen molar-refractivity contribution in [3.05, 3.63) is 41.2 Å². The first kappa shape index (κ1) is 15.1. The summed E-state index contributed by atoms with van der Waals surface area (Å²) in [4.78, 5) is 18.5. The zero-order valence-electron chi connectivity index (χ0n) is 12.2. The van der Waals surface area contributed by atoms with E-state index in [2.05, 4.69) is 4.98 Å². The van der Waals surface area contributed by atoms with Crippen molar-refractivity contribution in [1.29, 1.82) is 0 Å². The zero-order chi connectivity index (χ0) is 15.5. The molecule has 1 aromatic heterocycles. The Morgan fingerprint density at radius 2 is 2.18 bits per heavy atom. The fraction of sp³-hybridized carbons (Fsp3) is 0.375. The van der Waals surface area contributed by atoms with Gasteiger partial charge < -0.3 is 15.1 Å². The number of halogens is 1. The molecular formula is C16H18ClN3O2. The number of aromatic nitrogens is 1. The Bertz CT molecular complexity index is 654. The van der Waals surface area contributed by atoms with Crippen LogP contribution in [0, 0.1) is 5.92 Å². The molecule has 3 rings (SSSR count). The van der Waals surface area contributed by atoms with Crippen molar-refractivity contribution in [2.75, 3.05) is 19.6 Å². The van der Waals surface area contributed by atoms with Crippen molar-refractivity contribution < 1.29 is 9.21 Å². The number of rotatable bonds is 4. The van der Waals surface area contributed by atoms with Crippen molar-refractivity contribution in [3.63, 3.8) is 0 Å². The smallest absolute Gasteiger partial charge is 0.228 e. The fourth-order valence-electron chi connectivity index (χ4n) is 2.63. The zero-order valence-corrected chi connectivity index (χ0v) is 12.9. The number of oxazole rings is 1. The number of nitrogens with two attached hydrogens (primary N) is 1. The molecule has 0 aliphatic carbocycles. The van der Waals surface area contributed by atoms with Crippen LogP contribution >= 0.6 is 11.6 Å². The van der Waals surface area contributed by atoms with E-state index in [1.54, 1.807) is 18.4 Å². The van der Waals surface area contributed by atoms with Gasteiger partial charge in [-0.15, -0.1) is 0 Å². The number of nitrogens with zero attached hydrogens (tertiary/aromatic N) is 2. The molecule has 1 aliphatic rings. The van der Waals surface area contributed by atoms with Crippen LogP contribution in [0.3, 0.4) is 0 Å². The molecule has 2 heterocycles. The summed E-state index contributed by atoms with van der Waals surface area (Å²) in [5.41, 5.74) is 7.14. The van der Waals surface area contributed by atoms with Gasteiger partial charge in [-0.25, -0.2) is 4.98 Å². The van der Waals surface area contributed by atoms with Gasteiger partial charge in [-0.1, -0.05) is 11.6 Å². The molecule has 1 aromatic carbocycles. The first-order chi connectivity index (χ1) is 10.7. The van der Waals surface area contributed by atoms with E-state index in [4.69, 9.17) is 21.8 Å². The highest BCUT2D eigenvalue weighted by molar-refractivity contribution is 6.30. The topological polar surface area (TPSA) is 72.4 Å². The molecule has 0 radical (unpaired) electrons. The quantitative estimate of drug-likeness (QED) is 0.939. The van der Waals surface area contributed by atoms with E-state index in [0.717, 1.165) is 25.1 Å². The summed E-state index contributed by atoms with van der Waals surface area (Å²) >= 11 is 5.86. The average Bonchev–Trinajstić information content (AvgIpc) is 3.17. The second-order valence-electron chi connectivity index (χ2n) is 5.56. The number of likely N-dealkylation sites (tertiary alicyclic amines) is 1. The van der Waals surface area contributed by atoms with Gasteiger partial charge in [0.25, 0.3) is 0 Å². The van der Waals surface area contributed by atoms with Crippen molar-refractivity contribution in [2.24, 2.45) is 11.7 Å². The van der Waals surface area contributed by atoms with E-state index in [0.29, 0.717) is 29.1 Å². The minimum absolute atomic E-state index is 0.0758. The number of hydrogen-bond acceptors (Lipinski definition) is 4. The third kappa shape index (κ3) is 3.31. The third-order valence-corrected chi connectivity index (χ3v) is 4.20. The van der Waals surface area contributed by atoms with Gasteiger partial charge in [-0.3, -0.25) is 4.79 Å². The Balaban J connectivity index is 1.64. The molecule has 116 valence electrons. The Morgan fingerprint density at radius 1 is 1.41 bits per heavy atom. The molecule has 1 amide bonds. The maximum atomic E-state index is 12.3. The summed E-state index contributed by atoms with van der Waals surface area (Å²) in [7, 11) is 0. The molecular weight excluding hydrogens is 302 g/mol. The first-order valence-electron chi connectivity index (χ1n) is 7.34. The Kier molecular flexibility index (Phi) is 4.45. The Labute approximate surface area is 134 Å². The number of hydrogen-bond donors (Lipinski definition) is 1. The summed E-state index contributed by atoms with van der Waals surface area (Å²) in [6, 6.07) is 7.24. The van der Waals surface area contributed by atoms with Gasteiger partial charge in [0.1, 0.15) is 6.26 Å². The Hall–Kier alpha value is -1.85. The molecule has 0 bridgehead atoms. The summed E-state index contributed by atoms with van der Waals surface area (Å²) in [5, 5.41) is 0.661. The van der Waals surface area contributed by atoms with E-state index >= 15 is 0 Å². The molecule has 1 atom stereocenters. The summed E-state index contributed by atoms with van der Waals surface area (Å²) < 4.78 is 5.45. The standard InChI is InChI=1S/C16H18ClN3O2/c17-13-3-1-12(2-4-13)16-19-14(10-22-16)7-15(21)20-6-5-11(8-18)9-20/h1-4,10-11H,5-9,18H2. The van der Waals surface area contributed by atoms with E-state index in [9.17, 15) is 4.79 Å². The van der Waals surface area contributed by atoms with E-state index in [-0.39, 0.29) is 12.3 Å². The minimum atomic E-state index is 0.0758. The number of carbonyl (C=O) groups excluding carboxylic acids is 1. The SMILES string of the molecule is NCC1CCN(C(=O)Cc2coc(-c3ccc(Cl)cc3)n2)C1. The van der Waals surface area contributed by atoms with Gasteiger partial charge in [0.15, 0.2) is 0 Å². The van der Waals surface area contributed by atoms with Gasteiger partial charge in [-0.05, 0) is 43.1 Å². The predicted octanol–water partition coefficient (Wildman–Crippen LogP) is 2.34. The Morgan fingerprint density at radius 3 is 2.86 bits per heavy atom. The molecule has 1 unspecified atom stereocenters. The van der Waals surface area contributed by atoms with Crippen molar-refractivity contribution in [3.8, 4) is 11.5 Å². The molecule has 2 aromatic rings. The van der Waals surface area contributed by atoms with Crippen LogP contribution in [0.2, 0.25) is 5.02 Å². The minimum Gasteiger partial charge on any atom is -0.444 e. The lowest BCUT2D eigenvalue weighted by Gasteiger charge is -2.15. The van der Waals surface area contributed by atoms with Gasteiger partial charge in [-0.2, -0.15) is 0 Å². The van der Waals surface area contributed by atoms with Crippen LogP contribution < -0.4 is 5.73 Å². The van der Waals surface area contributed by atoms with Gasteiger partial charge in [0.2, 0.25) is 11.8 Å². The molecule has 0 saturated carbocycles. The lowest BCUT2D eigenvalue weighted by atomic mass is 10.1. The van der Waals surface area contributed by atoms with Gasteiger partial charge in [0.05, 0.1) is 12.1 Å². The van der Waals surface area contributed by atoms with Crippen LogP contribution in [-0.2, 0) is 11.2 Å². The van der Waals surface area contributed by atoms with Crippen LogP contribution in [0.1, 0.15) is 12.1 Å². The highest BCUT2D eigenvalue weighted by atomic mass is 35.5. The lowest BCUT2D eigenvalue weighted by Crippen LogP contribution is -2.31. The number of benzene rings is 1. The number of amides is 1. The summed E-state index contributed by atoms with van der Waals surface area (Å²) in [6.07, 6.45) is 2.78. The lowest BCUT2D eigenvalue weighted by molar-refractivity contribution is -0.129. The van der Waals surface area contributed by atoms with Crippen LogP contribution in [0.4, 0.5) is 0 Å². The van der Waals surface area contributed by atoms with E-state index < -0.39 is 0 Å². The van der Waals surface area contributed by atoms with Crippen LogP contribution in [-0.4, -0.2) is 35.4 Å². The fourth-order valence-corrected chi connectivity index (χ4v) is 2.76. The van der Waals surface area contributed by atoms with Crippen LogP contribution in [0.5, 0.6) is 0 Å². The normalized spacial score (nSPS) is 17.9. The second kappa shape index (κ2) is 6.50. The van der Waals surface area contributed by atoms with Gasteiger partial charge >= 0.3 is 0 Å². The van der Waals surface area contributed by atoms with Crippen molar-refractivity contribution >= 4 is 17.5 Å². The number of carbonyl (C=O) groups is 1. The maximum Gasteiger partial charge on any atom is 0.228 e. The van der Waals surface area contributed by atoms with Gasteiger partial charge in [0, 0.05) is 23.7 Å².